The van der Waals surface area contributed by atoms with Crippen molar-refractivity contribution in [2.45, 2.75) is 45.8 Å². The lowest BCUT2D eigenvalue weighted by Gasteiger charge is -2.27. The van der Waals surface area contributed by atoms with Gasteiger partial charge in [-0.2, -0.15) is 4.98 Å². The fourth-order valence-electron chi connectivity index (χ4n) is 3.08. The van der Waals surface area contributed by atoms with Crippen LogP contribution < -0.4 is 10.6 Å². The summed E-state index contributed by atoms with van der Waals surface area (Å²) in [7, 11) is 1.76. The monoisotopic (exact) mass is 400 g/mol. The molecule has 1 saturated heterocycles. The van der Waals surface area contributed by atoms with Crippen molar-refractivity contribution in [1.82, 2.24) is 25.7 Å². The molecular formula is C21H32N6O2. The standard InChI is InChI=1S/C21H32N6O2/c1-21(2,3)19-25-18(26-29-19)14-24-20(22-4)23-13-16-7-5-6-8-17(16)15-27-9-11-28-12-10-27/h5-8H,9-15H2,1-4H3,(H2,22,23,24). The summed E-state index contributed by atoms with van der Waals surface area (Å²) in [5.41, 5.74) is 2.43. The summed E-state index contributed by atoms with van der Waals surface area (Å²) >= 11 is 0. The van der Waals surface area contributed by atoms with E-state index in [2.05, 4.69) is 54.9 Å². The normalized spacial score (nSPS) is 16.1. The Bertz CT molecular complexity index is 805. The van der Waals surface area contributed by atoms with Crippen LogP contribution in [0.25, 0.3) is 0 Å². The number of nitrogens with zero attached hydrogens (tertiary/aromatic N) is 4. The topological polar surface area (TPSA) is 87.8 Å². The molecule has 0 bridgehead atoms. The lowest BCUT2D eigenvalue weighted by molar-refractivity contribution is 0.0341. The minimum Gasteiger partial charge on any atom is -0.379 e. The molecular weight excluding hydrogens is 368 g/mol. The molecule has 2 heterocycles. The number of morpholine rings is 1. The first-order valence-electron chi connectivity index (χ1n) is 10.1. The van der Waals surface area contributed by atoms with Crippen LogP contribution in [0.15, 0.2) is 33.8 Å². The third-order valence-corrected chi connectivity index (χ3v) is 4.81. The summed E-state index contributed by atoms with van der Waals surface area (Å²) in [6.07, 6.45) is 0. The third-order valence-electron chi connectivity index (χ3n) is 4.81. The SMILES string of the molecule is CN=C(NCc1noc(C(C)(C)C)n1)NCc1ccccc1CN1CCOCC1. The second kappa shape index (κ2) is 9.84. The highest BCUT2D eigenvalue weighted by Crippen LogP contribution is 2.19. The molecule has 0 spiro atoms. The lowest BCUT2D eigenvalue weighted by Crippen LogP contribution is -2.38. The molecule has 158 valence electrons. The maximum Gasteiger partial charge on any atom is 0.232 e. The van der Waals surface area contributed by atoms with Gasteiger partial charge in [-0.05, 0) is 11.1 Å². The van der Waals surface area contributed by atoms with Gasteiger partial charge in [-0.25, -0.2) is 0 Å². The van der Waals surface area contributed by atoms with Gasteiger partial charge in [0.25, 0.3) is 0 Å². The molecule has 1 aliphatic rings. The number of guanidine groups is 1. The van der Waals surface area contributed by atoms with E-state index in [1.807, 2.05) is 20.8 Å². The highest BCUT2D eigenvalue weighted by Gasteiger charge is 2.21. The lowest BCUT2D eigenvalue weighted by atomic mass is 9.97. The fourth-order valence-corrected chi connectivity index (χ4v) is 3.08. The van der Waals surface area contributed by atoms with Crippen LogP contribution in [0.5, 0.6) is 0 Å². The molecule has 1 aromatic carbocycles. The van der Waals surface area contributed by atoms with E-state index < -0.39 is 0 Å². The summed E-state index contributed by atoms with van der Waals surface area (Å²) in [5, 5.41) is 10.7. The van der Waals surface area contributed by atoms with Gasteiger partial charge >= 0.3 is 0 Å². The molecule has 1 aliphatic heterocycles. The van der Waals surface area contributed by atoms with E-state index in [1.54, 1.807) is 7.05 Å². The Labute approximate surface area is 172 Å². The van der Waals surface area contributed by atoms with Crippen LogP contribution in [0.3, 0.4) is 0 Å². The number of nitrogens with one attached hydrogen (secondary N) is 2. The predicted octanol–water partition coefficient (Wildman–Crippen LogP) is 2.06. The van der Waals surface area contributed by atoms with Gasteiger partial charge in [-0.15, -0.1) is 0 Å². The van der Waals surface area contributed by atoms with Gasteiger partial charge in [0.1, 0.15) is 0 Å². The molecule has 3 rings (SSSR count). The molecule has 29 heavy (non-hydrogen) atoms. The van der Waals surface area contributed by atoms with E-state index in [9.17, 15) is 0 Å². The van der Waals surface area contributed by atoms with Crippen molar-refractivity contribution < 1.29 is 9.26 Å². The van der Waals surface area contributed by atoms with E-state index in [0.717, 1.165) is 32.8 Å². The molecule has 8 nitrogen and oxygen atoms in total. The third kappa shape index (κ3) is 6.27. The van der Waals surface area contributed by atoms with Crippen molar-refractivity contribution in [2.75, 3.05) is 33.4 Å². The van der Waals surface area contributed by atoms with Crippen LogP contribution >= 0.6 is 0 Å². The van der Waals surface area contributed by atoms with Gasteiger partial charge in [-0.1, -0.05) is 50.2 Å². The van der Waals surface area contributed by atoms with E-state index >= 15 is 0 Å². The Hall–Kier alpha value is -2.45. The number of hydrogen-bond donors (Lipinski definition) is 2. The Morgan fingerprint density at radius 1 is 1.10 bits per heavy atom. The first-order chi connectivity index (χ1) is 14.0. The summed E-state index contributed by atoms with van der Waals surface area (Å²) in [5.74, 6) is 1.95. The van der Waals surface area contributed by atoms with Crippen LogP contribution in [0.1, 0.15) is 43.6 Å². The Balaban J connectivity index is 1.53. The van der Waals surface area contributed by atoms with Crippen LogP contribution in [-0.4, -0.2) is 54.4 Å². The van der Waals surface area contributed by atoms with E-state index in [-0.39, 0.29) is 5.41 Å². The zero-order valence-electron chi connectivity index (χ0n) is 17.9. The number of aliphatic imine (C=N–C) groups is 1. The average molecular weight is 401 g/mol. The molecule has 1 aromatic heterocycles. The molecule has 0 radical (unpaired) electrons. The largest absolute Gasteiger partial charge is 0.379 e. The first kappa shape index (κ1) is 21.3. The van der Waals surface area contributed by atoms with Gasteiger partial charge in [0.2, 0.25) is 5.89 Å². The second-order valence-electron chi connectivity index (χ2n) is 8.20. The Morgan fingerprint density at radius 3 is 2.45 bits per heavy atom. The number of aromatic nitrogens is 2. The first-order valence-corrected chi connectivity index (χ1v) is 10.1. The summed E-state index contributed by atoms with van der Waals surface area (Å²) in [6, 6.07) is 8.51. The predicted molar refractivity (Wildman–Crippen MR) is 113 cm³/mol. The van der Waals surface area contributed by atoms with Crippen molar-refractivity contribution in [1.29, 1.82) is 0 Å². The van der Waals surface area contributed by atoms with Crippen LogP contribution in [-0.2, 0) is 29.8 Å². The highest BCUT2D eigenvalue weighted by atomic mass is 16.5. The minimum absolute atomic E-state index is 0.157. The van der Waals surface area contributed by atoms with Gasteiger partial charge < -0.3 is 19.9 Å². The molecule has 0 saturated carbocycles. The second-order valence-corrected chi connectivity index (χ2v) is 8.20. The number of rotatable bonds is 6. The summed E-state index contributed by atoms with van der Waals surface area (Å²) in [6.45, 7) is 11.8. The molecule has 2 aromatic rings. The summed E-state index contributed by atoms with van der Waals surface area (Å²) < 4.78 is 10.8. The van der Waals surface area contributed by atoms with Crippen molar-refractivity contribution >= 4 is 5.96 Å². The van der Waals surface area contributed by atoms with Crippen LogP contribution in [0.4, 0.5) is 0 Å². The van der Waals surface area contributed by atoms with Crippen molar-refractivity contribution in [3.63, 3.8) is 0 Å². The Kier molecular flexibility index (Phi) is 7.22. The van der Waals surface area contributed by atoms with Crippen molar-refractivity contribution in [2.24, 2.45) is 4.99 Å². The van der Waals surface area contributed by atoms with E-state index in [0.29, 0.717) is 30.8 Å². The van der Waals surface area contributed by atoms with Crippen molar-refractivity contribution in [3.8, 4) is 0 Å². The van der Waals surface area contributed by atoms with E-state index in [1.165, 1.54) is 11.1 Å². The number of ether oxygens (including phenoxy) is 1. The number of benzene rings is 1. The van der Waals surface area contributed by atoms with Gasteiger partial charge in [0.05, 0.1) is 19.8 Å². The maximum absolute atomic E-state index is 5.45. The molecule has 0 amide bonds. The van der Waals surface area contributed by atoms with Gasteiger partial charge in [0, 0.05) is 38.6 Å². The summed E-state index contributed by atoms with van der Waals surface area (Å²) in [4.78, 5) is 11.2. The quantitative estimate of drug-likeness (QED) is 0.567. The molecule has 0 aliphatic carbocycles. The van der Waals surface area contributed by atoms with Gasteiger partial charge in [-0.3, -0.25) is 9.89 Å². The highest BCUT2D eigenvalue weighted by molar-refractivity contribution is 5.79. The molecule has 0 atom stereocenters. The van der Waals surface area contributed by atoms with Crippen LogP contribution in [0, 0.1) is 0 Å². The maximum atomic E-state index is 5.45. The van der Waals surface area contributed by atoms with E-state index in [4.69, 9.17) is 9.26 Å². The molecule has 0 unspecified atom stereocenters. The zero-order valence-corrected chi connectivity index (χ0v) is 17.9. The number of hydrogen-bond acceptors (Lipinski definition) is 6. The van der Waals surface area contributed by atoms with Crippen LogP contribution in [0.2, 0.25) is 0 Å². The van der Waals surface area contributed by atoms with Gasteiger partial charge in [0.15, 0.2) is 11.8 Å². The Morgan fingerprint density at radius 2 is 1.79 bits per heavy atom. The average Bonchev–Trinajstić information content (AvgIpc) is 3.20. The molecule has 1 fully saturated rings. The molecule has 2 N–H and O–H groups in total. The smallest absolute Gasteiger partial charge is 0.232 e. The minimum atomic E-state index is -0.157. The molecule has 8 heteroatoms. The zero-order chi connectivity index (χ0) is 20.7. The van der Waals surface area contributed by atoms with Crippen molar-refractivity contribution in [3.05, 3.63) is 47.1 Å². The fraction of sp³-hybridized carbons (Fsp3) is 0.571.